The van der Waals surface area contributed by atoms with Crippen molar-refractivity contribution in [2.75, 3.05) is 0 Å². The number of halogens is 2. The van der Waals surface area contributed by atoms with E-state index in [0.717, 1.165) is 97.8 Å². The molecule has 0 aliphatic heterocycles. The minimum atomic E-state index is -0.285. The lowest BCUT2D eigenvalue weighted by Gasteiger charge is -2.26. The molecule has 4 heteroatoms. The minimum Gasteiger partial charge on any atom is -0.206 e. The molecular weight excluding hydrogens is 876 g/mol. The number of hydrogen-bond acceptors (Lipinski definition) is 0. The Labute approximate surface area is 417 Å². The van der Waals surface area contributed by atoms with E-state index in [1.807, 2.05) is 24.3 Å². The van der Waals surface area contributed by atoms with Crippen molar-refractivity contribution in [1.29, 1.82) is 0 Å². The third kappa shape index (κ3) is 6.89. The lowest BCUT2D eigenvalue weighted by molar-refractivity contribution is 0.631. The minimum absolute atomic E-state index is 0.247. The largest absolute Gasteiger partial charge is 0.242 e. The molecule has 0 amide bonds. The van der Waals surface area contributed by atoms with E-state index >= 15 is 8.78 Å². The van der Waals surface area contributed by atoms with Gasteiger partial charge in [0.25, 0.3) is 0 Å². The molecule has 0 spiro atoms. The molecular formula is C68H42B2F2. The Kier molecular flexibility index (Phi) is 9.89. The van der Waals surface area contributed by atoms with Crippen LogP contribution in [0.25, 0.3) is 97.7 Å². The van der Waals surface area contributed by atoms with Crippen molar-refractivity contribution in [2.45, 2.75) is 0 Å². The second kappa shape index (κ2) is 16.9. The molecule has 0 radical (unpaired) electrons. The van der Waals surface area contributed by atoms with E-state index in [1.165, 1.54) is 21.5 Å². The summed E-state index contributed by atoms with van der Waals surface area (Å²) in [5, 5.41) is 15.4. The van der Waals surface area contributed by atoms with Gasteiger partial charge >= 0.3 is 0 Å². The predicted molar refractivity (Wildman–Crippen MR) is 306 cm³/mol. The first-order valence-corrected chi connectivity index (χ1v) is 24.8. The van der Waals surface area contributed by atoms with Crippen LogP contribution in [0.15, 0.2) is 255 Å². The van der Waals surface area contributed by atoms with Gasteiger partial charge in [-0.2, -0.15) is 0 Å². The molecule has 0 unspecified atom stereocenters. The number of benzene rings is 14. The Bertz CT molecular complexity index is 4020. The monoisotopic (exact) mass is 918 g/mol. The summed E-state index contributed by atoms with van der Waals surface area (Å²) in [5.41, 5.74) is 9.39. The molecule has 0 nitrogen and oxygen atoms in total. The van der Waals surface area contributed by atoms with Gasteiger partial charge in [0.05, 0.1) is 0 Å². The van der Waals surface area contributed by atoms with Crippen LogP contribution in [0.3, 0.4) is 0 Å². The smallest absolute Gasteiger partial charge is 0.206 e. The SMILES string of the molecule is Fc1ccccc1-c1cc(B(c2ccc3ccccc3c2)c2ccc3ccccc3c2)c2ccc3c(B(c4ccc5ccccc5c4)c4ccc5ccccc5c4)cc(-c4ccccc4F)c4ccc1c2c34. The van der Waals surface area contributed by atoms with Crippen molar-refractivity contribution < 1.29 is 8.78 Å². The van der Waals surface area contributed by atoms with Crippen molar-refractivity contribution >= 4 is 122 Å². The highest BCUT2D eigenvalue weighted by Gasteiger charge is 2.31. The molecule has 0 fully saturated rings. The van der Waals surface area contributed by atoms with Crippen LogP contribution in [-0.4, -0.2) is 13.4 Å². The van der Waals surface area contributed by atoms with Gasteiger partial charge in [0, 0.05) is 11.1 Å². The van der Waals surface area contributed by atoms with Gasteiger partial charge in [-0.05, 0) is 98.7 Å². The Morgan fingerprint density at radius 2 is 0.500 bits per heavy atom. The first-order chi connectivity index (χ1) is 35.5. The van der Waals surface area contributed by atoms with Gasteiger partial charge in [-0.1, -0.05) is 275 Å². The summed E-state index contributed by atoms with van der Waals surface area (Å²) in [4.78, 5) is 0. The van der Waals surface area contributed by atoms with Crippen LogP contribution < -0.4 is 32.8 Å². The zero-order valence-electron chi connectivity index (χ0n) is 39.2. The fraction of sp³-hybridized carbons (Fsp3) is 0. The quantitative estimate of drug-likeness (QED) is 0.105. The standard InChI is InChI=1S/C68H42B2F2/c71-65-23-11-9-21-55(65)61-41-63(69(51-29-25-43-13-1-5-17-47(43)37-51)52-30-26-44-14-2-6-18-48(44)38-52)59-35-36-60-64(42-62(56-22-10-12-24-66(56)72)58-34-33-57(61)67(59)68(58)60)70(53-31-27-45-15-3-7-19-49(45)39-53)54-32-28-46-16-4-8-20-50(46)40-54/h1-42H. The van der Waals surface area contributed by atoms with E-state index in [0.29, 0.717) is 11.1 Å². The van der Waals surface area contributed by atoms with Crippen LogP contribution in [-0.2, 0) is 0 Å². The molecule has 0 bridgehead atoms. The molecule has 0 N–H and O–H groups in total. The van der Waals surface area contributed by atoms with Crippen LogP contribution in [0, 0.1) is 11.6 Å². The molecule has 0 atom stereocenters. The van der Waals surface area contributed by atoms with E-state index < -0.39 is 0 Å². The van der Waals surface area contributed by atoms with Gasteiger partial charge < -0.3 is 0 Å². The first-order valence-electron chi connectivity index (χ1n) is 24.8. The fourth-order valence-corrected chi connectivity index (χ4v) is 12.0. The summed E-state index contributed by atoms with van der Waals surface area (Å²) < 4.78 is 33.4. The van der Waals surface area contributed by atoms with E-state index in [-0.39, 0.29) is 25.1 Å². The molecule has 0 saturated heterocycles. The molecule has 0 aromatic heterocycles. The number of fused-ring (bicyclic) bond motifs is 4. The molecule has 14 aromatic carbocycles. The molecule has 0 aliphatic carbocycles. The lowest BCUT2D eigenvalue weighted by atomic mass is 9.35. The van der Waals surface area contributed by atoms with Gasteiger partial charge in [-0.3, -0.25) is 0 Å². The number of hydrogen-bond donors (Lipinski definition) is 0. The van der Waals surface area contributed by atoms with Crippen LogP contribution in [0.4, 0.5) is 8.78 Å². The summed E-state index contributed by atoms with van der Waals surface area (Å²) in [6.07, 6.45) is 0. The highest BCUT2D eigenvalue weighted by Crippen LogP contribution is 2.43. The van der Waals surface area contributed by atoms with Gasteiger partial charge in [-0.15, -0.1) is 0 Å². The third-order valence-corrected chi connectivity index (χ3v) is 15.3. The van der Waals surface area contributed by atoms with Crippen molar-refractivity contribution in [3.63, 3.8) is 0 Å². The molecule has 14 rings (SSSR count). The predicted octanol–water partition coefficient (Wildman–Crippen LogP) is 13.8. The second-order valence-corrected chi connectivity index (χ2v) is 19.4. The zero-order chi connectivity index (χ0) is 47.9. The number of rotatable bonds is 8. The molecule has 72 heavy (non-hydrogen) atoms. The summed E-state index contributed by atoms with van der Waals surface area (Å²) in [5.74, 6) is -0.571. The summed E-state index contributed by atoms with van der Waals surface area (Å²) in [6, 6.07) is 89.0. The van der Waals surface area contributed by atoms with Crippen molar-refractivity contribution in [3.8, 4) is 22.3 Å². The van der Waals surface area contributed by atoms with Crippen LogP contribution in [0.2, 0.25) is 0 Å². The molecule has 334 valence electrons. The average molecular weight is 919 g/mol. The first kappa shape index (κ1) is 42.1. The van der Waals surface area contributed by atoms with E-state index in [9.17, 15) is 0 Å². The topological polar surface area (TPSA) is 0 Å². The van der Waals surface area contributed by atoms with Gasteiger partial charge in [0.1, 0.15) is 11.6 Å². The van der Waals surface area contributed by atoms with E-state index in [1.54, 1.807) is 24.3 Å². The summed E-state index contributed by atoms with van der Waals surface area (Å²) >= 11 is 0. The Hall–Kier alpha value is -8.85. The fourth-order valence-electron chi connectivity index (χ4n) is 12.0. The van der Waals surface area contributed by atoms with Gasteiger partial charge in [0.2, 0.25) is 13.4 Å². The molecule has 0 heterocycles. The highest BCUT2D eigenvalue weighted by atomic mass is 19.1. The Morgan fingerprint density at radius 1 is 0.222 bits per heavy atom. The van der Waals surface area contributed by atoms with Crippen molar-refractivity contribution in [3.05, 3.63) is 266 Å². The van der Waals surface area contributed by atoms with Gasteiger partial charge in [-0.25, -0.2) is 8.78 Å². The van der Waals surface area contributed by atoms with Crippen LogP contribution in [0.1, 0.15) is 0 Å². The third-order valence-electron chi connectivity index (χ3n) is 15.3. The van der Waals surface area contributed by atoms with E-state index in [4.69, 9.17) is 0 Å². The van der Waals surface area contributed by atoms with E-state index in [2.05, 4.69) is 206 Å². The molecule has 0 saturated carbocycles. The van der Waals surface area contributed by atoms with Crippen LogP contribution >= 0.6 is 0 Å². The molecule has 14 aromatic rings. The van der Waals surface area contributed by atoms with Crippen molar-refractivity contribution in [2.24, 2.45) is 0 Å². The Morgan fingerprint density at radius 3 is 0.819 bits per heavy atom. The van der Waals surface area contributed by atoms with Crippen LogP contribution in [0.5, 0.6) is 0 Å². The maximum absolute atomic E-state index is 16.7. The summed E-state index contributed by atoms with van der Waals surface area (Å²) in [6.45, 7) is -0.495. The highest BCUT2D eigenvalue weighted by molar-refractivity contribution is 6.98. The average Bonchev–Trinajstić information content (AvgIpc) is 3.43. The lowest BCUT2D eigenvalue weighted by Crippen LogP contribution is -2.52. The van der Waals surface area contributed by atoms with Crippen molar-refractivity contribution in [1.82, 2.24) is 0 Å². The zero-order valence-corrected chi connectivity index (χ0v) is 39.2. The maximum atomic E-state index is 16.7. The molecule has 0 aliphatic rings. The normalized spacial score (nSPS) is 11.8. The Balaban J connectivity index is 1.15. The van der Waals surface area contributed by atoms with Gasteiger partial charge in [0.15, 0.2) is 0 Å². The maximum Gasteiger partial charge on any atom is 0.242 e. The second-order valence-electron chi connectivity index (χ2n) is 19.4. The summed E-state index contributed by atoms with van der Waals surface area (Å²) in [7, 11) is 0.